The van der Waals surface area contributed by atoms with E-state index in [1.165, 1.54) is 19.3 Å². The van der Waals surface area contributed by atoms with Gasteiger partial charge in [-0.25, -0.2) is 9.67 Å². The normalized spacial score (nSPS) is 14.1. The summed E-state index contributed by atoms with van der Waals surface area (Å²) >= 11 is 0. The third-order valence-corrected chi connectivity index (χ3v) is 6.88. The van der Waals surface area contributed by atoms with Gasteiger partial charge in [-0.1, -0.05) is 86.7 Å². The van der Waals surface area contributed by atoms with Crippen molar-refractivity contribution in [3.63, 3.8) is 0 Å². The van der Waals surface area contributed by atoms with Gasteiger partial charge >= 0.3 is 0 Å². The molecule has 0 amide bonds. The number of aryl methyl sites for hydroxylation is 1. The number of hydrogen-bond donors (Lipinski definition) is 1. The molecule has 0 radical (unpaired) electrons. The molecule has 0 aliphatic heterocycles. The van der Waals surface area contributed by atoms with Crippen LogP contribution in [0.5, 0.6) is 0 Å². The summed E-state index contributed by atoms with van der Waals surface area (Å²) in [7, 11) is 0. The van der Waals surface area contributed by atoms with Gasteiger partial charge in [-0.2, -0.15) is 5.21 Å². The molecule has 184 valence electrons. The van der Waals surface area contributed by atoms with Crippen molar-refractivity contribution in [2.75, 3.05) is 0 Å². The first-order valence-electron chi connectivity index (χ1n) is 12.7. The molecule has 0 atom stereocenters. The number of Topliss-reactive ketones (excluding diaryl/α,β-unsaturated/α-hetero) is 1. The first-order chi connectivity index (χ1) is 17.7. The van der Waals surface area contributed by atoms with E-state index in [-0.39, 0.29) is 5.78 Å². The van der Waals surface area contributed by atoms with E-state index < -0.39 is 0 Å². The molecule has 1 N–H and O–H groups in total. The van der Waals surface area contributed by atoms with Crippen LogP contribution in [0.3, 0.4) is 0 Å². The monoisotopic (exact) mass is 481 g/mol. The predicted octanol–water partition coefficient (Wildman–Crippen LogP) is 5.45. The number of nitrogens with zero attached hydrogens (tertiary/aromatic N) is 6. The van der Waals surface area contributed by atoms with Crippen molar-refractivity contribution in [2.45, 2.75) is 57.9 Å². The minimum Gasteiger partial charge on any atom is -0.291 e. The molecule has 1 saturated carbocycles. The summed E-state index contributed by atoms with van der Waals surface area (Å²) in [4.78, 5) is 17.6. The maximum Gasteiger partial charge on any atom is 0.217 e. The van der Waals surface area contributed by atoms with E-state index in [2.05, 4.69) is 67.6 Å². The minimum absolute atomic E-state index is 0.0638. The Morgan fingerprint density at radius 1 is 1.06 bits per heavy atom. The number of allylic oxidation sites excluding steroid dienone is 1. The predicted molar refractivity (Wildman–Crippen MR) is 138 cm³/mol. The van der Waals surface area contributed by atoms with Gasteiger partial charge in [0, 0.05) is 18.4 Å². The maximum absolute atomic E-state index is 13.0. The summed E-state index contributed by atoms with van der Waals surface area (Å²) in [6.07, 6.45) is 9.93. The smallest absolute Gasteiger partial charge is 0.217 e. The van der Waals surface area contributed by atoms with Crippen LogP contribution in [0, 0.1) is 5.92 Å². The van der Waals surface area contributed by atoms with Crippen molar-refractivity contribution in [3.05, 3.63) is 78.4 Å². The van der Waals surface area contributed by atoms with E-state index in [9.17, 15) is 4.79 Å². The van der Waals surface area contributed by atoms with E-state index in [1.807, 2.05) is 29.0 Å². The number of benzene rings is 2. The van der Waals surface area contributed by atoms with Crippen LogP contribution >= 0.6 is 0 Å². The first kappa shape index (κ1) is 23.8. The molecule has 0 bridgehead atoms. The Bertz CT molecular complexity index is 1300. The van der Waals surface area contributed by atoms with Gasteiger partial charge in [0.1, 0.15) is 5.82 Å². The average molecular weight is 482 g/mol. The van der Waals surface area contributed by atoms with Crippen molar-refractivity contribution >= 4 is 5.78 Å². The second-order valence-corrected chi connectivity index (χ2v) is 9.45. The minimum atomic E-state index is 0.0638. The third kappa shape index (κ3) is 5.48. The Balaban J connectivity index is 1.34. The number of rotatable bonds is 10. The maximum atomic E-state index is 13.0. The lowest BCUT2D eigenvalue weighted by atomic mass is 9.86. The fraction of sp³-hybridized carbons (Fsp3) is 0.357. The number of nitrogens with one attached hydrogen (secondary N) is 1. The van der Waals surface area contributed by atoms with Crippen LogP contribution < -0.4 is 0 Å². The van der Waals surface area contributed by atoms with Gasteiger partial charge in [-0.05, 0) is 34.2 Å². The highest BCUT2D eigenvalue weighted by Gasteiger charge is 2.22. The highest BCUT2D eigenvalue weighted by Crippen LogP contribution is 2.30. The molecule has 36 heavy (non-hydrogen) atoms. The van der Waals surface area contributed by atoms with Gasteiger partial charge in [-0.15, -0.1) is 21.9 Å². The van der Waals surface area contributed by atoms with Crippen LogP contribution in [0.1, 0.15) is 67.0 Å². The zero-order chi connectivity index (χ0) is 24.7. The summed E-state index contributed by atoms with van der Waals surface area (Å²) in [6.45, 7) is 4.39. The summed E-state index contributed by atoms with van der Waals surface area (Å²) in [5, 5.41) is 19.1. The highest BCUT2D eigenvalue weighted by atomic mass is 16.1. The Hall–Kier alpha value is -3.94. The van der Waals surface area contributed by atoms with Gasteiger partial charge < -0.3 is 0 Å². The van der Waals surface area contributed by atoms with Crippen LogP contribution in [-0.2, 0) is 13.0 Å². The molecule has 1 aliphatic rings. The van der Waals surface area contributed by atoms with Crippen molar-refractivity contribution in [1.82, 2.24) is 35.4 Å². The number of ketones is 1. The molecular formula is C28H31N7O. The molecule has 2 aromatic heterocycles. The molecular weight excluding hydrogens is 450 g/mol. The number of hydrogen-bond acceptors (Lipinski definition) is 6. The fourth-order valence-electron chi connectivity index (χ4n) is 4.95. The summed E-state index contributed by atoms with van der Waals surface area (Å²) in [5.74, 6) is 2.28. The topological polar surface area (TPSA) is 102 Å². The number of aromatic amines is 1. The number of aromatic nitrogens is 7. The summed E-state index contributed by atoms with van der Waals surface area (Å²) in [6, 6.07) is 16.4. The van der Waals surface area contributed by atoms with Crippen molar-refractivity contribution in [2.24, 2.45) is 5.92 Å². The standard InChI is InChI=1S/C28H31N7O/c1-2-3-13-26-29-28(25(36)18-20-9-5-4-6-10-20)32-35(26)19-21-14-16-22(17-15-21)23-11-7-8-12-24(23)27-30-33-34-31-27/h2,7-8,11-12,14-17,20H,1,3-6,9-10,13,18-19H2,(H,30,31,33,34). The molecule has 1 aliphatic carbocycles. The second kappa shape index (κ2) is 11.2. The van der Waals surface area contributed by atoms with E-state index in [0.29, 0.717) is 37.0 Å². The SMILES string of the molecule is C=CCCc1nc(C(=O)CC2CCCCC2)nn1Cc1ccc(-c2ccccc2-c2nn[nH]n2)cc1. The molecule has 2 heterocycles. The van der Waals surface area contributed by atoms with Gasteiger partial charge in [0.05, 0.1) is 6.54 Å². The lowest BCUT2D eigenvalue weighted by molar-refractivity contribution is 0.0939. The molecule has 0 saturated heterocycles. The van der Waals surface area contributed by atoms with E-state index >= 15 is 0 Å². The number of carbonyl (C=O) groups excluding carboxylic acids is 1. The van der Waals surface area contributed by atoms with Gasteiger partial charge in [-0.3, -0.25) is 4.79 Å². The summed E-state index contributed by atoms with van der Waals surface area (Å²) < 4.78 is 1.87. The Kier molecular flexibility index (Phi) is 7.40. The molecule has 4 aromatic rings. The van der Waals surface area contributed by atoms with E-state index in [0.717, 1.165) is 47.3 Å². The van der Waals surface area contributed by atoms with E-state index in [4.69, 9.17) is 0 Å². The Morgan fingerprint density at radius 2 is 1.83 bits per heavy atom. The second-order valence-electron chi connectivity index (χ2n) is 9.45. The average Bonchev–Trinajstić information content (AvgIpc) is 3.59. The Morgan fingerprint density at radius 3 is 2.56 bits per heavy atom. The van der Waals surface area contributed by atoms with Crippen LogP contribution in [0.25, 0.3) is 22.5 Å². The Labute approximate surface area is 210 Å². The van der Waals surface area contributed by atoms with E-state index in [1.54, 1.807) is 0 Å². The number of carbonyl (C=O) groups is 1. The van der Waals surface area contributed by atoms with Crippen LogP contribution in [0.4, 0.5) is 0 Å². The number of H-pyrrole nitrogens is 1. The molecule has 5 rings (SSSR count). The molecule has 2 aromatic carbocycles. The van der Waals surface area contributed by atoms with Gasteiger partial charge in [0.2, 0.25) is 17.4 Å². The van der Waals surface area contributed by atoms with Crippen LogP contribution in [0.2, 0.25) is 0 Å². The third-order valence-electron chi connectivity index (χ3n) is 6.88. The van der Waals surface area contributed by atoms with Gasteiger partial charge in [0.25, 0.3) is 0 Å². The highest BCUT2D eigenvalue weighted by molar-refractivity contribution is 5.92. The largest absolute Gasteiger partial charge is 0.291 e. The quantitative estimate of drug-likeness (QED) is 0.239. The molecule has 8 nitrogen and oxygen atoms in total. The lowest BCUT2D eigenvalue weighted by Gasteiger charge is -2.19. The molecule has 1 fully saturated rings. The van der Waals surface area contributed by atoms with Crippen LogP contribution in [0.15, 0.2) is 61.2 Å². The number of tetrazole rings is 1. The molecule has 0 unspecified atom stereocenters. The zero-order valence-corrected chi connectivity index (χ0v) is 20.4. The zero-order valence-electron chi connectivity index (χ0n) is 20.4. The molecule has 0 spiro atoms. The van der Waals surface area contributed by atoms with Crippen molar-refractivity contribution in [1.29, 1.82) is 0 Å². The first-order valence-corrected chi connectivity index (χ1v) is 12.7. The van der Waals surface area contributed by atoms with Gasteiger partial charge in [0.15, 0.2) is 0 Å². The molecule has 8 heteroatoms. The lowest BCUT2D eigenvalue weighted by Crippen LogP contribution is -2.13. The van der Waals surface area contributed by atoms with Crippen molar-refractivity contribution < 1.29 is 4.79 Å². The summed E-state index contributed by atoms with van der Waals surface area (Å²) in [5.41, 5.74) is 4.11. The van der Waals surface area contributed by atoms with Crippen LogP contribution in [-0.4, -0.2) is 41.2 Å². The fourth-order valence-corrected chi connectivity index (χ4v) is 4.95. The van der Waals surface area contributed by atoms with Crippen molar-refractivity contribution in [3.8, 4) is 22.5 Å².